The zero-order valence-corrected chi connectivity index (χ0v) is 12.3. The van der Waals surface area contributed by atoms with Crippen molar-refractivity contribution in [3.05, 3.63) is 54.6 Å². The van der Waals surface area contributed by atoms with Crippen molar-refractivity contribution in [1.82, 2.24) is 4.90 Å². The first-order chi connectivity index (χ1) is 10.7. The molecule has 0 atom stereocenters. The van der Waals surface area contributed by atoms with E-state index >= 15 is 0 Å². The fourth-order valence-corrected chi connectivity index (χ4v) is 2.58. The summed E-state index contributed by atoms with van der Waals surface area (Å²) in [7, 11) is 0. The number of hydrogen-bond donors (Lipinski definition) is 2. The number of phenolic OH excluding ortho intramolecular Hbond substituents is 1. The molecule has 0 unspecified atom stereocenters. The summed E-state index contributed by atoms with van der Waals surface area (Å²) >= 11 is 0. The Balaban J connectivity index is 1.57. The van der Waals surface area contributed by atoms with E-state index < -0.39 is 0 Å². The molecule has 1 aliphatic heterocycles. The third-order valence-corrected chi connectivity index (χ3v) is 3.83. The van der Waals surface area contributed by atoms with Crippen LogP contribution in [0.15, 0.2) is 54.6 Å². The zero-order chi connectivity index (χ0) is 15.4. The average molecular weight is 297 g/mol. The van der Waals surface area contributed by atoms with Crippen LogP contribution in [0, 0.1) is 0 Å². The molecule has 0 bridgehead atoms. The third kappa shape index (κ3) is 3.14. The van der Waals surface area contributed by atoms with Crippen LogP contribution in [0.2, 0.25) is 0 Å². The molecule has 1 aliphatic rings. The van der Waals surface area contributed by atoms with Crippen molar-refractivity contribution in [2.45, 2.75) is 0 Å². The first-order valence-corrected chi connectivity index (χ1v) is 7.38. The van der Waals surface area contributed by atoms with Crippen molar-refractivity contribution < 1.29 is 9.90 Å². The van der Waals surface area contributed by atoms with Gasteiger partial charge in [0.2, 0.25) is 0 Å². The van der Waals surface area contributed by atoms with E-state index in [4.69, 9.17) is 0 Å². The number of anilines is 2. The van der Waals surface area contributed by atoms with Crippen molar-refractivity contribution in [2.75, 3.05) is 36.4 Å². The molecular weight excluding hydrogens is 278 g/mol. The lowest BCUT2D eigenvalue weighted by atomic mass is 10.2. The minimum Gasteiger partial charge on any atom is -0.506 e. The summed E-state index contributed by atoms with van der Waals surface area (Å²) in [5.74, 6) is 0.0822. The highest BCUT2D eigenvalue weighted by atomic mass is 16.3. The Hall–Kier alpha value is -2.69. The molecule has 1 heterocycles. The molecule has 2 aromatic carbocycles. The Kier molecular flexibility index (Phi) is 4.14. The van der Waals surface area contributed by atoms with Crippen LogP contribution in [0.1, 0.15) is 0 Å². The Morgan fingerprint density at radius 2 is 1.55 bits per heavy atom. The van der Waals surface area contributed by atoms with E-state index in [1.807, 2.05) is 18.2 Å². The number of aromatic hydroxyl groups is 1. The first kappa shape index (κ1) is 14.3. The van der Waals surface area contributed by atoms with Crippen LogP contribution in [0.25, 0.3) is 0 Å². The van der Waals surface area contributed by atoms with E-state index in [1.54, 1.807) is 29.2 Å². The minimum atomic E-state index is -0.172. The predicted molar refractivity (Wildman–Crippen MR) is 87.4 cm³/mol. The largest absolute Gasteiger partial charge is 0.506 e. The maximum Gasteiger partial charge on any atom is 0.322 e. The number of nitrogens with one attached hydrogen (secondary N) is 1. The molecule has 5 nitrogen and oxygen atoms in total. The van der Waals surface area contributed by atoms with Gasteiger partial charge in [-0.15, -0.1) is 0 Å². The summed E-state index contributed by atoms with van der Waals surface area (Å²) in [4.78, 5) is 16.3. The van der Waals surface area contributed by atoms with Crippen LogP contribution in [0.3, 0.4) is 0 Å². The van der Waals surface area contributed by atoms with Gasteiger partial charge in [-0.25, -0.2) is 4.79 Å². The Morgan fingerprint density at radius 1 is 0.909 bits per heavy atom. The van der Waals surface area contributed by atoms with E-state index in [-0.39, 0.29) is 11.8 Å². The second-order valence-electron chi connectivity index (χ2n) is 5.26. The number of piperazine rings is 1. The highest BCUT2D eigenvalue weighted by Crippen LogP contribution is 2.22. The van der Waals surface area contributed by atoms with Gasteiger partial charge in [-0.1, -0.05) is 30.3 Å². The molecule has 0 spiro atoms. The molecule has 2 N–H and O–H groups in total. The highest BCUT2D eigenvalue weighted by molar-refractivity contribution is 5.91. The second kappa shape index (κ2) is 6.39. The van der Waals surface area contributed by atoms with E-state index in [2.05, 4.69) is 22.3 Å². The average Bonchev–Trinajstić information content (AvgIpc) is 2.58. The Labute approximate surface area is 129 Å². The zero-order valence-electron chi connectivity index (χ0n) is 12.3. The maximum absolute atomic E-state index is 12.2. The lowest BCUT2D eigenvalue weighted by Gasteiger charge is -2.36. The molecule has 22 heavy (non-hydrogen) atoms. The summed E-state index contributed by atoms with van der Waals surface area (Å²) in [5.41, 5.74) is 1.63. The Morgan fingerprint density at radius 3 is 2.23 bits per heavy atom. The van der Waals surface area contributed by atoms with Crippen molar-refractivity contribution in [2.24, 2.45) is 0 Å². The molecule has 0 radical (unpaired) electrons. The topological polar surface area (TPSA) is 55.8 Å². The molecule has 3 rings (SSSR count). The summed E-state index contributed by atoms with van der Waals surface area (Å²) in [6.07, 6.45) is 0. The summed E-state index contributed by atoms with van der Waals surface area (Å²) in [6, 6.07) is 16.8. The van der Waals surface area contributed by atoms with E-state index in [9.17, 15) is 9.90 Å². The van der Waals surface area contributed by atoms with Crippen LogP contribution in [-0.2, 0) is 0 Å². The SMILES string of the molecule is O=C(Nc1ccccc1O)N1CCN(c2ccccc2)CC1. The van der Waals surface area contributed by atoms with Crippen LogP contribution < -0.4 is 10.2 Å². The molecular formula is C17H19N3O2. The quantitative estimate of drug-likeness (QED) is 0.838. The van der Waals surface area contributed by atoms with Gasteiger partial charge in [-0.2, -0.15) is 0 Å². The van der Waals surface area contributed by atoms with E-state index in [0.717, 1.165) is 13.1 Å². The number of phenols is 1. The highest BCUT2D eigenvalue weighted by Gasteiger charge is 2.21. The lowest BCUT2D eigenvalue weighted by Crippen LogP contribution is -2.50. The molecule has 0 aliphatic carbocycles. The number of carbonyl (C=O) groups is 1. The number of amides is 2. The van der Waals surface area contributed by atoms with Gasteiger partial charge < -0.3 is 20.2 Å². The fourth-order valence-electron chi connectivity index (χ4n) is 2.58. The number of rotatable bonds is 2. The van der Waals surface area contributed by atoms with Gasteiger partial charge in [0, 0.05) is 31.9 Å². The third-order valence-electron chi connectivity index (χ3n) is 3.83. The van der Waals surface area contributed by atoms with Crippen LogP contribution >= 0.6 is 0 Å². The van der Waals surface area contributed by atoms with E-state index in [1.165, 1.54) is 5.69 Å². The van der Waals surface area contributed by atoms with Gasteiger partial charge in [0.05, 0.1) is 5.69 Å². The normalized spacial score (nSPS) is 14.7. The molecule has 2 amide bonds. The summed E-state index contributed by atoms with van der Waals surface area (Å²) in [5, 5.41) is 12.5. The number of nitrogens with zero attached hydrogens (tertiary/aromatic N) is 2. The van der Waals surface area contributed by atoms with Crippen molar-refractivity contribution >= 4 is 17.4 Å². The second-order valence-corrected chi connectivity index (χ2v) is 5.26. The number of carbonyl (C=O) groups excluding carboxylic acids is 1. The van der Waals surface area contributed by atoms with Gasteiger partial charge in [-0.05, 0) is 24.3 Å². The number of hydrogen-bond acceptors (Lipinski definition) is 3. The smallest absolute Gasteiger partial charge is 0.322 e. The standard InChI is InChI=1S/C17H19N3O2/c21-16-9-5-4-8-15(16)18-17(22)20-12-10-19(11-13-20)14-6-2-1-3-7-14/h1-9,21H,10-13H2,(H,18,22). The van der Waals surface area contributed by atoms with Crippen molar-refractivity contribution in [3.8, 4) is 5.75 Å². The van der Waals surface area contributed by atoms with Crippen LogP contribution in [0.5, 0.6) is 5.75 Å². The first-order valence-electron chi connectivity index (χ1n) is 7.38. The molecule has 1 fully saturated rings. The molecule has 5 heteroatoms. The molecule has 1 saturated heterocycles. The summed E-state index contributed by atoms with van der Waals surface area (Å²) < 4.78 is 0. The maximum atomic E-state index is 12.2. The van der Waals surface area contributed by atoms with Gasteiger partial charge in [0.25, 0.3) is 0 Å². The molecule has 0 aromatic heterocycles. The van der Waals surface area contributed by atoms with Crippen LogP contribution in [0.4, 0.5) is 16.2 Å². The van der Waals surface area contributed by atoms with Gasteiger partial charge in [0.1, 0.15) is 5.75 Å². The molecule has 0 saturated carbocycles. The number of benzene rings is 2. The minimum absolute atomic E-state index is 0.0822. The van der Waals surface area contributed by atoms with E-state index in [0.29, 0.717) is 18.8 Å². The van der Waals surface area contributed by atoms with Crippen molar-refractivity contribution in [1.29, 1.82) is 0 Å². The van der Waals surface area contributed by atoms with Gasteiger partial charge in [-0.3, -0.25) is 0 Å². The summed E-state index contributed by atoms with van der Waals surface area (Å²) in [6.45, 7) is 2.93. The fraction of sp³-hybridized carbons (Fsp3) is 0.235. The van der Waals surface area contributed by atoms with Gasteiger partial charge in [0.15, 0.2) is 0 Å². The Bertz CT molecular complexity index is 637. The lowest BCUT2D eigenvalue weighted by molar-refractivity contribution is 0.208. The molecule has 2 aromatic rings. The predicted octanol–water partition coefficient (Wildman–Crippen LogP) is 2.75. The van der Waals surface area contributed by atoms with Gasteiger partial charge >= 0.3 is 6.03 Å². The van der Waals surface area contributed by atoms with Crippen molar-refractivity contribution in [3.63, 3.8) is 0 Å². The molecule has 114 valence electrons. The number of para-hydroxylation sites is 3. The monoisotopic (exact) mass is 297 g/mol. The number of urea groups is 1. The van der Waals surface area contributed by atoms with Crippen LogP contribution in [-0.4, -0.2) is 42.2 Å².